The molecule has 1 aliphatic carbocycles. The minimum Gasteiger partial charge on any atom is -0.393 e. The number of amides is 1. The van der Waals surface area contributed by atoms with Crippen molar-refractivity contribution in [2.75, 3.05) is 19.6 Å². The Hall–Kier alpha value is -0.610. The molecule has 2 aliphatic rings. The molecule has 0 radical (unpaired) electrons. The molecule has 3 atom stereocenters. The number of nitrogens with one attached hydrogen (secondary N) is 1. The van der Waals surface area contributed by atoms with Gasteiger partial charge < -0.3 is 10.4 Å². The summed E-state index contributed by atoms with van der Waals surface area (Å²) in [4.78, 5) is 14.5. The van der Waals surface area contributed by atoms with Crippen molar-refractivity contribution >= 4 is 5.91 Å². The van der Waals surface area contributed by atoms with Crippen LogP contribution in [0.15, 0.2) is 0 Å². The van der Waals surface area contributed by atoms with E-state index < -0.39 is 0 Å². The van der Waals surface area contributed by atoms with Crippen LogP contribution < -0.4 is 5.32 Å². The Morgan fingerprint density at radius 2 is 1.89 bits per heavy atom. The van der Waals surface area contributed by atoms with E-state index in [1.54, 1.807) is 0 Å². The van der Waals surface area contributed by atoms with Gasteiger partial charge >= 0.3 is 0 Å². The molecular weight excluding hydrogens is 240 g/mol. The Balaban J connectivity index is 1.74. The summed E-state index contributed by atoms with van der Waals surface area (Å²) in [7, 11) is 0. The first kappa shape index (κ1) is 14.8. The highest BCUT2D eigenvalue weighted by Gasteiger charge is 2.27. The molecule has 3 unspecified atom stereocenters. The van der Waals surface area contributed by atoms with Gasteiger partial charge in [-0.2, -0.15) is 0 Å². The Labute approximate surface area is 116 Å². The number of carbonyl (C=O) groups is 1. The number of nitrogens with zero attached hydrogens (tertiary/aromatic N) is 1. The largest absolute Gasteiger partial charge is 0.393 e. The molecule has 1 aliphatic heterocycles. The third-order valence-electron chi connectivity index (χ3n) is 4.73. The lowest BCUT2D eigenvalue weighted by Gasteiger charge is -2.27. The SMILES string of the molecule is CC(C(=O)NCC1CCCC1O)N1CCCCCC1. The van der Waals surface area contributed by atoms with Gasteiger partial charge in [0.2, 0.25) is 5.91 Å². The molecule has 4 heteroatoms. The molecule has 19 heavy (non-hydrogen) atoms. The smallest absolute Gasteiger partial charge is 0.237 e. The third kappa shape index (κ3) is 4.18. The second kappa shape index (κ2) is 7.25. The molecule has 2 fully saturated rings. The summed E-state index contributed by atoms with van der Waals surface area (Å²) >= 11 is 0. The second-order valence-electron chi connectivity index (χ2n) is 6.13. The zero-order chi connectivity index (χ0) is 13.7. The molecule has 1 heterocycles. The fourth-order valence-corrected chi connectivity index (χ4v) is 3.28. The average Bonchev–Trinajstić information content (AvgIpc) is 2.68. The quantitative estimate of drug-likeness (QED) is 0.813. The van der Waals surface area contributed by atoms with Gasteiger partial charge in [-0.3, -0.25) is 9.69 Å². The van der Waals surface area contributed by atoms with Crippen molar-refractivity contribution in [3.05, 3.63) is 0 Å². The van der Waals surface area contributed by atoms with Gasteiger partial charge in [-0.05, 0) is 45.7 Å². The summed E-state index contributed by atoms with van der Waals surface area (Å²) in [5, 5.41) is 12.8. The Morgan fingerprint density at radius 1 is 1.21 bits per heavy atom. The van der Waals surface area contributed by atoms with Crippen molar-refractivity contribution in [3.8, 4) is 0 Å². The van der Waals surface area contributed by atoms with Crippen LogP contribution in [0.25, 0.3) is 0 Å². The topological polar surface area (TPSA) is 52.6 Å². The lowest BCUT2D eigenvalue weighted by Crippen LogP contribution is -2.47. The van der Waals surface area contributed by atoms with Crippen molar-refractivity contribution < 1.29 is 9.90 Å². The van der Waals surface area contributed by atoms with Crippen LogP contribution in [0.4, 0.5) is 0 Å². The van der Waals surface area contributed by atoms with Crippen LogP contribution in [-0.2, 0) is 4.79 Å². The Kier molecular flexibility index (Phi) is 5.64. The van der Waals surface area contributed by atoms with Gasteiger partial charge in [0.25, 0.3) is 0 Å². The van der Waals surface area contributed by atoms with E-state index in [1.165, 1.54) is 25.7 Å². The molecule has 110 valence electrons. The van der Waals surface area contributed by atoms with Crippen molar-refractivity contribution in [2.24, 2.45) is 5.92 Å². The van der Waals surface area contributed by atoms with E-state index >= 15 is 0 Å². The highest BCUT2D eigenvalue weighted by atomic mass is 16.3. The lowest BCUT2D eigenvalue weighted by atomic mass is 10.1. The fraction of sp³-hybridized carbons (Fsp3) is 0.933. The molecule has 2 rings (SSSR count). The van der Waals surface area contributed by atoms with Gasteiger partial charge in [0.1, 0.15) is 0 Å². The number of likely N-dealkylation sites (tertiary alicyclic amines) is 1. The van der Waals surface area contributed by atoms with Gasteiger partial charge in [0, 0.05) is 12.5 Å². The maximum Gasteiger partial charge on any atom is 0.237 e. The molecule has 0 aromatic heterocycles. The van der Waals surface area contributed by atoms with E-state index in [2.05, 4.69) is 10.2 Å². The van der Waals surface area contributed by atoms with Crippen LogP contribution in [0.5, 0.6) is 0 Å². The maximum atomic E-state index is 12.2. The summed E-state index contributed by atoms with van der Waals surface area (Å²) in [6.45, 7) is 4.73. The monoisotopic (exact) mass is 268 g/mol. The van der Waals surface area contributed by atoms with Crippen LogP contribution in [-0.4, -0.2) is 47.7 Å². The van der Waals surface area contributed by atoms with Crippen LogP contribution in [0.3, 0.4) is 0 Å². The van der Waals surface area contributed by atoms with Crippen LogP contribution in [0, 0.1) is 5.92 Å². The predicted octanol–water partition coefficient (Wildman–Crippen LogP) is 1.53. The maximum absolute atomic E-state index is 12.2. The first-order valence-corrected chi connectivity index (χ1v) is 7.88. The normalized spacial score (nSPS) is 30.8. The van der Waals surface area contributed by atoms with E-state index in [4.69, 9.17) is 0 Å². The summed E-state index contributed by atoms with van der Waals surface area (Å²) in [5.41, 5.74) is 0. The molecule has 0 aromatic carbocycles. The van der Waals surface area contributed by atoms with E-state index in [-0.39, 0.29) is 24.0 Å². The summed E-state index contributed by atoms with van der Waals surface area (Å²) in [5.74, 6) is 0.390. The van der Waals surface area contributed by atoms with Crippen LogP contribution >= 0.6 is 0 Å². The highest BCUT2D eigenvalue weighted by Crippen LogP contribution is 2.24. The summed E-state index contributed by atoms with van der Waals surface area (Å²) in [6, 6.07) is -0.0309. The number of aliphatic hydroxyl groups is 1. The minimum absolute atomic E-state index is 0.0309. The fourth-order valence-electron chi connectivity index (χ4n) is 3.28. The number of hydrogen-bond donors (Lipinski definition) is 2. The first-order chi connectivity index (χ1) is 9.18. The number of carbonyl (C=O) groups excluding carboxylic acids is 1. The zero-order valence-corrected chi connectivity index (χ0v) is 12.1. The number of hydrogen-bond acceptors (Lipinski definition) is 3. The molecule has 1 saturated heterocycles. The van der Waals surface area contributed by atoms with Crippen LogP contribution in [0.2, 0.25) is 0 Å². The molecule has 1 saturated carbocycles. The molecule has 1 amide bonds. The van der Waals surface area contributed by atoms with Gasteiger partial charge in [0.15, 0.2) is 0 Å². The van der Waals surface area contributed by atoms with E-state index in [0.29, 0.717) is 6.54 Å². The van der Waals surface area contributed by atoms with Gasteiger partial charge in [-0.15, -0.1) is 0 Å². The van der Waals surface area contributed by atoms with E-state index in [1.807, 2.05) is 6.92 Å². The molecular formula is C15H28N2O2. The standard InChI is InChI=1S/C15H28N2O2/c1-12(17-9-4-2-3-5-10-17)15(19)16-11-13-7-6-8-14(13)18/h12-14,18H,2-11H2,1H3,(H,16,19). The number of aliphatic hydroxyl groups excluding tert-OH is 1. The summed E-state index contributed by atoms with van der Waals surface area (Å²) in [6.07, 6.45) is 7.80. The minimum atomic E-state index is -0.214. The predicted molar refractivity (Wildman–Crippen MR) is 75.9 cm³/mol. The van der Waals surface area contributed by atoms with Crippen molar-refractivity contribution in [3.63, 3.8) is 0 Å². The highest BCUT2D eigenvalue weighted by molar-refractivity contribution is 5.81. The van der Waals surface area contributed by atoms with E-state index in [9.17, 15) is 9.90 Å². The van der Waals surface area contributed by atoms with Crippen molar-refractivity contribution in [1.82, 2.24) is 10.2 Å². The lowest BCUT2D eigenvalue weighted by molar-refractivity contribution is -0.126. The van der Waals surface area contributed by atoms with Gasteiger partial charge in [-0.1, -0.05) is 19.3 Å². The zero-order valence-electron chi connectivity index (χ0n) is 12.1. The molecule has 2 N–H and O–H groups in total. The average molecular weight is 268 g/mol. The summed E-state index contributed by atoms with van der Waals surface area (Å²) < 4.78 is 0. The van der Waals surface area contributed by atoms with Gasteiger partial charge in [0.05, 0.1) is 12.1 Å². The Morgan fingerprint density at radius 3 is 2.47 bits per heavy atom. The second-order valence-corrected chi connectivity index (χ2v) is 6.13. The molecule has 4 nitrogen and oxygen atoms in total. The van der Waals surface area contributed by atoms with Crippen LogP contribution in [0.1, 0.15) is 51.9 Å². The van der Waals surface area contributed by atoms with E-state index in [0.717, 1.165) is 32.4 Å². The third-order valence-corrected chi connectivity index (χ3v) is 4.73. The number of rotatable bonds is 4. The van der Waals surface area contributed by atoms with Crippen molar-refractivity contribution in [2.45, 2.75) is 64.0 Å². The molecule has 0 spiro atoms. The van der Waals surface area contributed by atoms with Crippen molar-refractivity contribution in [1.29, 1.82) is 0 Å². The molecule has 0 bridgehead atoms. The molecule has 0 aromatic rings. The first-order valence-electron chi connectivity index (χ1n) is 7.88. The van der Waals surface area contributed by atoms with Gasteiger partial charge in [-0.25, -0.2) is 0 Å². The Bertz CT molecular complexity index is 288.